The predicted molar refractivity (Wildman–Crippen MR) is 434 cm³/mol. The Bertz CT molecular complexity index is 6230. The number of hydrogen-bond acceptors (Lipinski definition) is 8. The molecule has 8 nitrogen and oxygen atoms in total. The minimum Gasteiger partial charge on any atom is -0.251 e. The molecule has 0 aliphatic rings. The highest BCUT2D eigenvalue weighted by atomic mass is 14.9. The predicted octanol–water partition coefficient (Wildman–Crippen LogP) is 24.6. The van der Waals surface area contributed by atoms with Gasteiger partial charge in [-0.3, -0.25) is 9.97 Å². The van der Waals surface area contributed by atoms with Gasteiger partial charge >= 0.3 is 0 Å². The van der Waals surface area contributed by atoms with E-state index in [1.807, 2.05) is 62.4 Å². The lowest BCUT2D eigenvalue weighted by atomic mass is 9.97. The monoisotopic (exact) mass is 1350 g/mol. The summed E-state index contributed by atoms with van der Waals surface area (Å²) in [6, 6.07) is 119. The van der Waals surface area contributed by atoms with Crippen LogP contribution < -0.4 is 0 Å². The van der Waals surface area contributed by atoms with Crippen LogP contribution in [0.5, 0.6) is 0 Å². The van der Waals surface area contributed by atoms with Gasteiger partial charge in [-0.2, -0.15) is 0 Å². The molecule has 6 heterocycles. The van der Waals surface area contributed by atoms with Crippen LogP contribution in [0, 0.1) is 20.8 Å². The van der Waals surface area contributed by atoms with Crippen LogP contribution in [0.2, 0.25) is 0 Å². The third-order valence-electron chi connectivity index (χ3n) is 19.7. The Morgan fingerprint density at radius 3 is 0.933 bits per heavy atom. The smallest absolute Gasteiger partial charge is 0.160 e. The summed E-state index contributed by atoms with van der Waals surface area (Å²) in [6.07, 6.45) is 0.921. The number of benzene rings is 12. The summed E-state index contributed by atoms with van der Waals surface area (Å²) in [5.74, 6) is 1.40. The molecule has 0 saturated carbocycles. The highest BCUT2D eigenvalue weighted by Gasteiger charge is 2.18. The second-order valence-electron chi connectivity index (χ2n) is 26.7. The molecule has 0 aliphatic carbocycles. The molecule has 0 unspecified atom stereocenters. The Morgan fingerprint density at radius 2 is 0.495 bits per heavy atom. The molecular formula is C97H70N8. The Balaban J connectivity index is 0.000000155. The van der Waals surface area contributed by atoms with Crippen LogP contribution in [0.25, 0.3) is 178 Å². The number of pyridine rings is 4. The van der Waals surface area contributed by atoms with Gasteiger partial charge in [-0.1, -0.05) is 298 Å². The molecule has 12 aromatic carbocycles. The maximum atomic E-state index is 5.19. The molecule has 0 spiro atoms. The van der Waals surface area contributed by atoms with Gasteiger partial charge < -0.3 is 0 Å². The molecule has 6 aromatic heterocycles. The van der Waals surface area contributed by atoms with Gasteiger partial charge in [0.1, 0.15) is 0 Å². The van der Waals surface area contributed by atoms with Gasteiger partial charge in [-0.25, -0.2) is 29.9 Å². The molecule has 0 amide bonds. The van der Waals surface area contributed by atoms with E-state index in [1.165, 1.54) is 33.2 Å². The van der Waals surface area contributed by atoms with E-state index in [-0.39, 0.29) is 0 Å². The number of rotatable bonds is 13. The molecule has 0 atom stereocenters. The van der Waals surface area contributed by atoms with Gasteiger partial charge in [0.15, 0.2) is 11.6 Å². The van der Waals surface area contributed by atoms with Gasteiger partial charge in [0.2, 0.25) is 0 Å². The SMILES string of the molecule is CCc1cc(-c2ccc(-c3cccc(-c4cc(-c5ccccc5)nc(-c5ccc(-c6ccccc6)cc5)n4)c3)cc2)nc2c1ccc1ccc(C)nc12.Cc1ccc2ccc3c(C)cc(-c4ccc(-c5cccc(-c6cc(-c7ccc(-c8ccccc8)cc7)nc(-c7ccccc7)n6)c5)cc4)nc3c2n1. The van der Waals surface area contributed by atoms with Gasteiger partial charge in [0.25, 0.3) is 0 Å². The van der Waals surface area contributed by atoms with Crippen molar-refractivity contribution in [3.63, 3.8) is 0 Å². The van der Waals surface area contributed by atoms with Crippen molar-refractivity contribution < 1.29 is 0 Å². The minimum atomic E-state index is 0.697. The summed E-state index contributed by atoms with van der Waals surface area (Å²) in [5.41, 5.74) is 31.2. The van der Waals surface area contributed by atoms with Crippen LogP contribution in [0.4, 0.5) is 0 Å². The summed E-state index contributed by atoms with van der Waals surface area (Å²) in [5, 5.41) is 4.51. The van der Waals surface area contributed by atoms with Crippen LogP contribution in [0.3, 0.4) is 0 Å². The Morgan fingerprint density at radius 1 is 0.200 bits per heavy atom. The van der Waals surface area contributed by atoms with Crippen molar-refractivity contribution in [3.05, 3.63) is 362 Å². The third kappa shape index (κ3) is 13.6. The van der Waals surface area contributed by atoms with Crippen molar-refractivity contribution in [2.24, 2.45) is 0 Å². The van der Waals surface area contributed by atoms with Gasteiger partial charge in [-0.05, 0) is 131 Å². The third-order valence-corrected chi connectivity index (χ3v) is 19.7. The maximum Gasteiger partial charge on any atom is 0.160 e. The summed E-state index contributed by atoms with van der Waals surface area (Å²) in [7, 11) is 0. The normalized spacial score (nSPS) is 11.3. The van der Waals surface area contributed by atoms with Crippen LogP contribution in [-0.2, 0) is 6.42 Å². The van der Waals surface area contributed by atoms with Crippen molar-refractivity contribution in [3.8, 4) is 135 Å². The molecule has 0 radical (unpaired) electrons. The van der Waals surface area contributed by atoms with E-state index >= 15 is 0 Å². The second kappa shape index (κ2) is 28.5. The van der Waals surface area contributed by atoms with E-state index in [0.717, 1.165) is 163 Å². The first-order valence-corrected chi connectivity index (χ1v) is 35.7. The van der Waals surface area contributed by atoms with E-state index < -0.39 is 0 Å². The zero-order valence-electron chi connectivity index (χ0n) is 58.6. The number of aryl methyl sites for hydroxylation is 4. The first-order chi connectivity index (χ1) is 51.6. The number of fused-ring (bicyclic) bond motifs is 6. The summed E-state index contributed by atoms with van der Waals surface area (Å²) < 4.78 is 0. The first-order valence-electron chi connectivity index (χ1n) is 35.7. The lowest BCUT2D eigenvalue weighted by Crippen LogP contribution is -1.96. The highest BCUT2D eigenvalue weighted by molar-refractivity contribution is 6.06. The van der Waals surface area contributed by atoms with Crippen molar-refractivity contribution in [1.82, 2.24) is 39.9 Å². The molecule has 105 heavy (non-hydrogen) atoms. The highest BCUT2D eigenvalue weighted by Crippen LogP contribution is 2.38. The molecule has 0 fully saturated rings. The Kier molecular flexibility index (Phi) is 17.6. The molecule has 18 aromatic rings. The van der Waals surface area contributed by atoms with E-state index in [4.69, 9.17) is 39.9 Å². The standard InChI is InChI=1S/C49H36N4.C48H34N4/c1-3-33-30-44(51-48-43(33)28-27-39-18-17-32(2)50-47(39)48)38-23-19-36(20-24-38)41-15-10-16-42(29-41)46-31-45(37-13-8-5-9-14-37)52-49(53-46)40-25-21-35(22-26-40)34-11-6-4-7-12-34;1-31-28-43(50-47-42(31)27-26-38-17-16-32(2)49-46(38)47)36-24-20-35(21-25-36)40-14-9-15-41(29-40)45-30-44(51-48(52-45)39-12-7-4-8-13-39)37-22-18-34(19-23-37)33-10-5-3-6-11-33/h4-31H,3H2,1-2H3;3-30H,1-2H3. The van der Waals surface area contributed by atoms with E-state index in [9.17, 15) is 0 Å². The largest absolute Gasteiger partial charge is 0.251 e. The van der Waals surface area contributed by atoms with E-state index in [2.05, 4.69) is 305 Å². The molecule has 8 heteroatoms. The molecule has 498 valence electrons. The fourth-order valence-electron chi connectivity index (χ4n) is 14.0. The Hall–Kier alpha value is -13.6. The summed E-state index contributed by atoms with van der Waals surface area (Å²) in [4.78, 5) is 40.4. The maximum absolute atomic E-state index is 5.19. The fraction of sp³-hybridized carbons (Fsp3) is 0.0515. The van der Waals surface area contributed by atoms with Crippen LogP contribution in [0.15, 0.2) is 340 Å². The minimum absolute atomic E-state index is 0.697. The fourth-order valence-corrected chi connectivity index (χ4v) is 14.0. The topological polar surface area (TPSA) is 103 Å². The lowest BCUT2D eigenvalue weighted by molar-refractivity contribution is 1.15. The lowest BCUT2D eigenvalue weighted by Gasteiger charge is -2.12. The average Bonchev–Trinajstić information content (AvgIpc) is 0.769. The van der Waals surface area contributed by atoms with E-state index in [1.54, 1.807) is 0 Å². The van der Waals surface area contributed by atoms with Crippen LogP contribution in [0.1, 0.15) is 29.4 Å². The first kappa shape index (κ1) is 64.8. The molecule has 0 aliphatic heterocycles. The van der Waals surface area contributed by atoms with Gasteiger partial charge in [-0.15, -0.1) is 0 Å². The summed E-state index contributed by atoms with van der Waals surface area (Å²) >= 11 is 0. The zero-order chi connectivity index (χ0) is 70.7. The second-order valence-corrected chi connectivity index (χ2v) is 26.7. The quantitative estimate of drug-likeness (QED) is 0.105. The van der Waals surface area contributed by atoms with Gasteiger partial charge in [0.05, 0.1) is 56.2 Å². The van der Waals surface area contributed by atoms with Crippen molar-refractivity contribution in [2.45, 2.75) is 34.1 Å². The van der Waals surface area contributed by atoms with Gasteiger partial charge in [0, 0.05) is 77.4 Å². The van der Waals surface area contributed by atoms with Crippen LogP contribution in [-0.4, -0.2) is 39.9 Å². The summed E-state index contributed by atoms with van der Waals surface area (Å²) in [6.45, 7) is 8.41. The average molecular weight is 1350 g/mol. The van der Waals surface area contributed by atoms with Crippen molar-refractivity contribution >= 4 is 43.6 Å². The van der Waals surface area contributed by atoms with E-state index in [0.29, 0.717) is 11.6 Å². The molecule has 0 N–H and O–H groups in total. The van der Waals surface area contributed by atoms with Crippen molar-refractivity contribution in [2.75, 3.05) is 0 Å². The number of nitrogens with zero attached hydrogens (tertiary/aromatic N) is 8. The molecule has 18 rings (SSSR count). The Labute approximate surface area is 610 Å². The number of hydrogen-bond donors (Lipinski definition) is 0. The molecular weight excluding hydrogens is 1280 g/mol. The number of aromatic nitrogens is 8. The zero-order valence-corrected chi connectivity index (χ0v) is 58.6. The molecule has 0 saturated heterocycles. The van der Waals surface area contributed by atoms with Crippen molar-refractivity contribution in [1.29, 1.82) is 0 Å². The molecule has 0 bridgehead atoms. The van der Waals surface area contributed by atoms with Crippen LogP contribution >= 0.6 is 0 Å².